The molecule has 4 bridgehead atoms. The molecule has 0 saturated carbocycles. The van der Waals surface area contributed by atoms with Gasteiger partial charge in [0.2, 0.25) is 11.9 Å². The molecule has 0 amide bonds. The van der Waals surface area contributed by atoms with Gasteiger partial charge in [0.05, 0.1) is 11.0 Å². The van der Waals surface area contributed by atoms with E-state index in [0.717, 1.165) is 65.9 Å². The quantitative estimate of drug-likeness (QED) is 0.168. The topological polar surface area (TPSA) is 87.2 Å². The summed E-state index contributed by atoms with van der Waals surface area (Å²) in [7, 11) is 0. The van der Waals surface area contributed by atoms with E-state index in [2.05, 4.69) is 81.9 Å². The van der Waals surface area contributed by atoms with E-state index in [1.165, 1.54) is 0 Å². The molecule has 0 atom stereocenters. The van der Waals surface area contributed by atoms with Crippen molar-refractivity contribution in [2.75, 3.05) is 0 Å². The molecule has 272 valence electrons. The minimum atomic E-state index is 0.511. The number of hydrogen-bond donors (Lipinski definition) is 0. The second kappa shape index (κ2) is 13.9. The summed E-state index contributed by atoms with van der Waals surface area (Å²) < 4.78 is 4.31. The molecule has 0 fully saturated rings. The molecule has 0 aliphatic rings. The standard InChI is InChI=1S/C50H32N8/c1-5-15-35(16-6-1)45-51-46(36-17-7-2-8-18-36)54-49(53-45)57-39-29-27-34-24-14-26-44(42(34)31-39)58(40-30-28-33-23-13-25-43(57)41(33)32-40)50-55-47(37-19-9-3-10-20-37)52-48(56-50)38-21-11-4-12-22-38/h1-32H. The smallest absolute Gasteiger partial charge is 0.238 e. The van der Waals surface area contributed by atoms with Gasteiger partial charge in [0.15, 0.2) is 23.3 Å². The van der Waals surface area contributed by atoms with E-state index in [1.807, 2.05) is 121 Å². The largest absolute Gasteiger partial charge is 0.278 e. The molecular formula is C50H32N8. The first kappa shape index (κ1) is 33.3. The minimum Gasteiger partial charge on any atom is -0.278 e. The molecule has 0 aliphatic carbocycles. The van der Waals surface area contributed by atoms with Gasteiger partial charge in [-0.15, -0.1) is 0 Å². The zero-order chi connectivity index (χ0) is 38.4. The predicted octanol–water partition coefficient (Wildman–Crippen LogP) is 11.5. The highest BCUT2D eigenvalue weighted by Gasteiger charge is 2.18. The summed E-state index contributed by atoms with van der Waals surface area (Å²) in [6, 6.07) is 66.0. The van der Waals surface area contributed by atoms with E-state index in [0.29, 0.717) is 35.2 Å². The van der Waals surface area contributed by atoms with Gasteiger partial charge in [-0.1, -0.05) is 158 Å². The summed E-state index contributed by atoms with van der Waals surface area (Å²) in [5, 5.41) is 4.14. The molecule has 8 aromatic carbocycles. The maximum atomic E-state index is 5.21. The van der Waals surface area contributed by atoms with Gasteiger partial charge in [0.1, 0.15) is 0 Å². The fraction of sp³-hybridized carbons (Fsp3) is 0. The van der Waals surface area contributed by atoms with Crippen LogP contribution in [-0.4, -0.2) is 39.0 Å². The molecule has 0 N–H and O–H groups in total. The third kappa shape index (κ3) is 5.88. The number of hydrogen-bond acceptors (Lipinski definition) is 6. The van der Waals surface area contributed by atoms with Gasteiger partial charge in [0, 0.05) is 44.1 Å². The summed E-state index contributed by atoms with van der Waals surface area (Å²) in [6.45, 7) is 0. The zero-order valence-electron chi connectivity index (χ0n) is 31.1. The Balaban J connectivity index is 1.27. The van der Waals surface area contributed by atoms with Crippen LogP contribution in [0.4, 0.5) is 0 Å². The maximum Gasteiger partial charge on any atom is 0.238 e. The van der Waals surface area contributed by atoms with E-state index in [4.69, 9.17) is 29.9 Å². The number of benzene rings is 8. The highest BCUT2D eigenvalue weighted by molar-refractivity contribution is 6.04. The molecule has 11 aromatic rings. The van der Waals surface area contributed by atoms with Gasteiger partial charge in [-0.25, -0.2) is 9.97 Å². The van der Waals surface area contributed by atoms with Crippen LogP contribution < -0.4 is 0 Å². The third-order valence-corrected chi connectivity index (χ3v) is 10.5. The van der Waals surface area contributed by atoms with Crippen LogP contribution in [0.2, 0.25) is 0 Å². The Bertz CT molecular complexity index is 2980. The van der Waals surface area contributed by atoms with Crippen molar-refractivity contribution in [3.05, 3.63) is 194 Å². The molecule has 3 aromatic heterocycles. The van der Waals surface area contributed by atoms with Gasteiger partial charge in [-0.05, 0) is 47.2 Å². The van der Waals surface area contributed by atoms with Crippen LogP contribution in [-0.2, 0) is 0 Å². The van der Waals surface area contributed by atoms with E-state index in [1.54, 1.807) is 0 Å². The van der Waals surface area contributed by atoms with Crippen molar-refractivity contribution in [2.45, 2.75) is 0 Å². The van der Waals surface area contributed by atoms with E-state index in [9.17, 15) is 0 Å². The lowest BCUT2D eigenvalue weighted by Gasteiger charge is -2.18. The molecular weight excluding hydrogens is 713 g/mol. The average Bonchev–Trinajstić information content (AvgIpc) is 3.30. The van der Waals surface area contributed by atoms with Crippen LogP contribution in [0.25, 0.3) is 101 Å². The first-order valence-corrected chi connectivity index (χ1v) is 19.1. The van der Waals surface area contributed by atoms with Gasteiger partial charge in [-0.3, -0.25) is 9.13 Å². The number of fused-ring (bicyclic) bond motifs is 2. The van der Waals surface area contributed by atoms with Crippen LogP contribution in [0.15, 0.2) is 194 Å². The maximum absolute atomic E-state index is 5.21. The Labute approximate surface area is 333 Å². The highest BCUT2D eigenvalue weighted by atomic mass is 15.2. The van der Waals surface area contributed by atoms with E-state index >= 15 is 0 Å². The monoisotopic (exact) mass is 744 g/mol. The van der Waals surface area contributed by atoms with Crippen molar-refractivity contribution in [1.29, 1.82) is 0 Å². The van der Waals surface area contributed by atoms with Gasteiger partial charge >= 0.3 is 0 Å². The molecule has 0 saturated heterocycles. The van der Waals surface area contributed by atoms with Crippen molar-refractivity contribution in [1.82, 2.24) is 39.0 Å². The summed E-state index contributed by atoms with van der Waals surface area (Å²) in [5.74, 6) is 3.39. The van der Waals surface area contributed by atoms with Crippen LogP contribution in [0.5, 0.6) is 0 Å². The molecule has 8 heteroatoms. The predicted molar refractivity (Wildman–Crippen MR) is 232 cm³/mol. The van der Waals surface area contributed by atoms with Crippen LogP contribution in [0, 0.1) is 0 Å². The van der Waals surface area contributed by atoms with Crippen molar-refractivity contribution >= 4 is 43.6 Å². The van der Waals surface area contributed by atoms with Crippen molar-refractivity contribution in [3.63, 3.8) is 0 Å². The molecule has 0 aliphatic heterocycles. The fourth-order valence-corrected chi connectivity index (χ4v) is 7.68. The Kier molecular flexibility index (Phi) is 7.96. The molecule has 11 rings (SSSR count). The first-order chi connectivity index (χ1) is 28.7. The van der Waals surface area contributed by atoms with Crippen molar-refractivity contribution in [3.8, 4) is 57.4 Å². The Morgan fingerprint density at radius 2 is 0.603 bits per heavy atom. The summed E-state index contributed by atoms with van der Waals surface area (Å²) in [5.41, 5.74) is 7.27. The van der Waals surface area contributed by atoms with E-state index < -0.39 is 0 Å². The summed E-state index contributed by atoms with van der Waals surface area (Å²) in [6.07, 6.45) is 0. The lowest BCUT2D eigenvalue weighted by atomic mass is 10.1. The lowest BCUT2D eigenvalue weighted by molar-refractivity contribution is 0.945. The summed E-state index contributed by atoms with van der Waals surface area (Å²) >= 11 is 0. The molecule has 0 radical (unpaired) electrons. The normalized spacial score (nSPS) is 11.4. The average molecular weight is 745 g/mol. The van der Waals surface area contributed by atoms with Crippen LogP contribution >= 0.6 is 0 Å². The highest BCUT2D eigenvalue weighted by Crippen LogP contribution is 2.33. The van der Waals surface area contributed by atoms with Gasteiger partial charge in [0.25, 0.3) is 0 Å². The molecule has 58 heavy (non-hydrogen) atoms. The number of aromatic nitrogens is 8. The molecule has 8 nitrogen and oxygen atoms in total. The van der Waals surface area contributed by atoms with Crippen molar-refractivity contribution < 1.29 is 0 Å². The Morgan fingerprint density at radius 3 is 0.931 bits per heavy atom. The van der Waals surface area contributed by atoms with Gasteiger partial charge < -0.3 is 0 Å². The van der Waals surface area contributed by atoms with Crippen molar-refractivity contribution in [2.24, 2.45) is 0 Å². The minimum absolute atomic E-state index is 0.511. The van der Waals surface area contributed by atoms with Gasteiger partial charge in [-0.2, -0.15) is 19.9 Å². The Hall–Kier alpha value is -8.10. The fourth-order valence-electron chi connectivity index (χ4n) is 7.68. The SMILES string of the molecule is c1ccc(-c2nc(-c3ccccc3)nc(-n3c4ccc5cccc(c5c4)n(-c4nc(-c5ccccc5)nc(-c5ccccc5)n4)c4ccc5cccc3c5c4)n2)cc1. The summed E-state index contributed by atoms with van der Waals surface area (Å²) in [4.78, 5) is 30.9. The zero-order valence-corrected chi connectivity index (χ0v) is 31.1. The second-order valence-corrected chi connectivity index (χ2v) is 14.1. The van der Waals surface area contributed by atoms with Crippen LogP contribution in [0.1, 0.15) is 0 Å². The first-order valence-electron chi connectivity index (χ1n) is 19.1. The Morgan fingerprint density at radius 1 is 0.276 bits per heavy atom. The third-order valence-electron chi connectivity index (χ3n) is 10.5. The van der Waals surface area contributed by atoms with E-state index in [-0.39, 0.29) is 0 Å². The molecule has 0 spiro atoms. The number of rotatable bonds is 6. The molecule has 0 unspecified atom stereocenters. The molecule has 3 heterocycles. The lowest BCUT2D eigenvalue weighted by Crippen LogP contribution is -2.09. The second-order valence-electron chi connectivity index (χ2n) is 14.1. The number of nitrogens with zero attached hydrogens (tertiary/aromatic N) is 8. The van der Waals surface area contributed by atoms with Crippen LogP contribution in [0.3, 0.4) is 0 Å².